The van der Waals surface area contributed by atoms with Crippen LogP contribution >= 0.6 is 23.1 Å². The summed E-state index contributed by atoms with van der Waals surface area (Å²) in [5.41, 5.74) is 2.41. The van der Waals surface area contributed by atoms with E-state index in [0.29, 0.717) is 16.9 Å². The second kappa shape index (κ2) is 7.84. The van der Waals surface area contributed by atoms with Crippen molar-refractivity contribution in [1.29, 1.82) is 0 Å². The number of hydrogen-bond donors (Lipinski definition) is 0. The third-order valence-corrected chi connectivity index (χ3v) is 5.49. The summed E-state index contributed by atoms with van der Waals surface area (Å²) in [5.74, 6) is 0.543. The van der Waals surface area contributed by atoms with E-state index in [1.807, 2.05) is 29.9 Å². The minimum Gasteiger partial charge on any atom is -0.315 e. The number of fused-ring (bicyclic) bond motifs is 1. The molecule has 26 heavy (non-hydrogen) atoms. The van der Waals surface area contributed by atoms with Gasteiger partial charge in [-0.3, -0.25) is 14.9 Å². The quantitative estimate of drug-likeness (QED) is 0.489. The molecule has 1 amide bonds. The molecule has 0 aliphatic rings. The summed E-state index contributed by atoms with van der Waals surface area (Å²) in [6.07, 6.45) is 2.01. The third kappa shape index (κ3) is 3.86. The van der Waals surface area contributed by atoms with Crippen molar-refractivity contribution in [3.63, 3.8) is 0 Å². The molecule has 0 N–H and O–H groups in total. The van der Waals surface area contributed by atoms with Crippen molar-refractivity contribution in [2.45, 2.75) is 13.5 Å². The monoisotopic (exact) mass is 387 g/mol. The summed E-state index contributed by atoms with van der Waals surface area (Å²) in [7, 11) is 0. The van der Waals surface area contributed by atoms with E-state index in [-0.39, 0.29) is 11.6 Å². The summed E-state index contributed by atoms with van der Waals surface area (Å²) in [4.78, 5) is 28.0. The topological polar surface area (TPSA) is 77.5 Å². The van der Waals surface area contributed by atoms with Crippen molar-refractivity contribution >= 4 is 44.9 Å². The zero-order valence-corrected chi connectivity index (χ0v) is 16.0. The van der Waals surface area contributed by atoms with E-state index in [1.54, 1.807) is 30.0 Å². The lowest BCUT2D eigenvalue weighted by atomic mass is 10.1. The van der Waals surface area contributed by atoms with Crippen molar-refractivity contribution < 1.29 is 9.72 Å². The summed E-state index contributed by atoms with van der Waals surface area (Å²) in [6, 6.07) is 12.0. The maximum atomic E-state index is 12.6. The highest BCUT2D eigenvalue weighted by Crippen LogP contribution is 2.23. The van der Waals surface area contributed by atoms with E-state index in [0.717, 1.165) is 21.5 Å². The van der Waals surface area contributed by atoms with E-state index in [9.17, 15) is 14.9 Å². The number of amides is 1. The van der Waals surface area contributed by atoms with E-state index >= 15 is 0 Å². The SMILES string of the molecule is CSCCn1c(=NC(=O)c2cccc(C)c2)sc2cc([N+](=O)[O-])ccc21. The minimum atomic E-state index is -0.417. The zero-order valence-electron chi connectivity index (χ0n) is 14.3. The molecule has 0 fully saturated rings. The number of carbonyl (C=O) groups excluding carboxylic acids is 1. The van der Waals surface area contributed by atoms with Gasteiger partial charge in [0, 0.05) is 30.0 Å². The lowest BCUT2D eigenvalue weighted by Crippen LogP contribution is -2.18. The Morgan fingerprint density at radius 1 is 1.31 bits per heavy atom. The zero-order chi connectivity index (χ0) is 18.7. The average molecular weight is 387 g/mol. The molecular formula is C18H17N3O3S2. The van der Waals surface area contributed by atoms with Crippen molar-refractivity contribution in [2.75, 3.05) is 12.0 Å². The molecule has 0 unspecified atom stereocenters. The normalized spacial score (nSPS) is 11.8. The number of nitro benzene ring substituents is 1. The van der Waals surface area contributed by atoms with Crippen LogP contribution in [0.5, 0.6) is 0 Å². The van der Waals surface area contributed by atoms with Gasteiger partial charge in [0.25, 0.3) is 11.6 Å². The van der Waals surface area contributed by atoms with E-state index < -0.39 is 4.92 Å². The molecule has 0 saturated heterocycles. The fraction of sp³-hybridized carbons (Fsp3) is 0.222. The molecule has 6 nitrogen and oxygen atoms in total. The summed E-state index contributed by atoms with van der Waals surface area (Å²) < 4.78 is 2.70. The predicted molar refractivity (Wildman–Crippen MR) is 106 cm³/mol. The number of aromatic nitrogens is 1. The molecule has 1 heterocycles. The molecule has 1 aromatic heterocycles. The maximum absolute atomic E-state index is 12.6. The van der Waals surface area contributed by atoms with E-state index in [4.69, 9.17) is 0 Å². The molecule has 134 valence electrons. The van der Waals surface area contributed by atoms with Gasteiger partial charge in [-0.2, -0.15) is 16.8 Å². The Balaban J connectivity index is 2.13. The molecule has 0 aliphatic heterocycles. The van der Waals surface area contributed by atoms with Gasteiger partial charge < -0.3 is 4.57 Å². The number of aryl methyl sites for hydroxylation is 2. The lowest BCUT2D eigenvalue weighted by molar-refractivity contribution is -0.384. The standard InChI is InChI=1S/C18H17N3O3S2/c1-12-4-3-5-13(10-12)17(22)19-18-20(8-9-25-2)15-7-6-14(21(23)24)11-16(15)26-18/h3-7,10-11H,8-9H2,1-2H3. The second-order valence-electron chi connectivity index (χ2n) is 5.72. The van der Waals surface area contributed by atoms with Gasteiger partial charge in [-0.25, -0.2) is 0 Å². The van der Waals surface area contributed by atoms with Gasteiger partial charge in [-0.15, -0.1) is 0 Å². The van der Waals surface area contributed by atoms with Gasteiger partial charge in [-0.1, -0.05) is 29.0 Å². The highest BCUT2D eigenvalue weighted by molar-refractivity contribution is 7.98. The Labute approximate surface area is 158 Å². The number of rotatable bonds is 5. The van der Waals surface area contributed by atoms with Crippen molar-refractivity contribution in [1.82, 2.24) is 4.57 Å². The van der Waals surface area contributed by atoms with Crippen molar-refractivity contribution in [3.8, 4) is 0 Å². The number of nitro groups is 1. The Morgan fingerprint density at radius 2 is 2.12 bits per heavy atom. The minimum absolute atomic E-state index is 0.0346. The fourth-order valence-electron chi connectivity index (χ4n) is 2.59. The van der Waals surface area contributed by atoms with Gasteiger partial charge in [0.05, 0.1) is 15.1 Å². The van der Waals surface area contributed by atoms with Gasteiger partial charge in [0.15, 0.2) is 4.80 Å². The molecule has 0 aliphatic carbocycles. The molecule has 0 atom stereocenters. The smallest absolute Gasteiger partial charge is 0.279 e. The van der Waals surface area contributed by atoms with Crippen LogP contribution in [0.2, 0.25) is 0 Å². The van der Waals surface area contributed by atoms with Crippen LogP contribution in [0.3, 0.4) is 0 Å². The second-order valence-corrected chi connectivity index (χ2v) is 7.72. The fourth-order valence-corrected chi connectivity index (χ4v) is 4.04. The number of nitrogens with zero attached hydrogens (tertiary/aromatic N) is 3. The van der Waals surface area contributed by atoms with E-state index in [1.165, 1.54) is 23.5 Å². The summed E-state index contributed by atoms with van der Waals surface area (Å²) >= 11 is 2.99. The Hall–Kier alpha value is -2.45. The number of carbonyl (C=O) groups is 1. The van der Waals surface area contributed by atoms with Crippen LogP contribution in [-0.2, 0) is 6.54 Å². The first-order valence-corrected chi connectivity index (χ1v) is 10.1. The predicted octanol–water partition coefficient (Wildman–Crippen LogP) is 4.02. The first-order valence-electron chi connectivity index (χ1n) is 7.92. The van der Waals surface area contributed by atoms with Crippen molar-refractivity contribution in [2.24, 2.45) is 4.99 Å². The molecule has 0 saturated carbocycles. The summed E-state index contributed by atoms with van der Waals surface area (Å²) in [5, 5.41) is 11.0. The van der Waals surface area contributed by atoms with Crippen LogP contribution < -0.4 is 4.80 Å². The number of non-ortho nitro benzene ring substituents is 1. The molecular weight excluding hydrogens is 370 g/mol. The molecule has 0 bridgehead atoms. The highest BCUT2D eigenvalue weighted by Gasteiger charge is 2.13. The van der Waals surface area contributed by atoms with Crippen LogP contribution in [0.4, 0.5) is 5.69 Å². The van der Waals surface area contributed by atoms with Gasteiger partial charge in [-0.05, 0) is 31.4 Å². The molecule has 0 spiro atoms. The molecule has 3 rings (SSSR count). The number of hydrogen-bond acceptors (Lipinski definition) is 5. The largest absolute Gasteiger partial charge is 0.315 e. The first-order chi connectivity index (χ1) is 12.5. The summed E-state index contributed by atoms with van der Waals surface area (Å²) in [6.45, 7) is 2.60. The van der Waals surface area contributed by atoms with Gasteiger partial charge >= 0.3 is 0 Å². The average Bonchev–Trinajstić information content (AvgIpc) is 2.96. The van der Waals surface area contributed by atoms with Gasteiger partial charge in [0.2, 0.25) is 0 Å². The van der Waals surface area contributed by atoms with Crippen molar-refractivity contribution in [3.05, 3.63) is 68.5 Å². The molecule has 8 heteroatoms. The molecule has 3 aromatic rings. The Kier molecular flexibility index (Phi) is 5.53. The highest BCUT2D eigenvalue weighted by atomic mass is 32.2. The van der Waals surface area contributed by atoms with Crippen LogP contribution in [0, 0.1) is 17.0 Å². The third-order valence-electron chi connectivity index (χ3n) is 3.86. The Bertz CT molecular complexity index is 1050. The lowest BCUT2D eigenvalue weighted by Gasteiger charge is -2.03. The number of thiazole rings is 1. The maximum Gasteiger partial charge on any atom is 0.279 e. The molecule has 0 radical (unpaired) electrons. The van der Waals surface area contributed by atoms with E-state index in [2.05, 4.69) is 4.99 Å². The number of thioether (sulfide) groups is 1. The van der Waals surface area contributed by atoms with Crippen LogP contribution in [-0.4, -0.2) is 27.4 Å². The Morgan fingerprint density at radius 3 is 2.81 bits per heavy atom. The number of benzene rings is 2. The van der Waals surface area contributed by atoms with Crippen LogP contribution in [0.15, 0.2) is 47.5 Å². The first kappa shape index (κ1) is 18.3. The van der Waals surface area contributed by atoms with Crippen LogP contribution in [0.1, 0.15) is 15.9 Å². The molecule has 2 aromatic carbocycles. The van der Waals surface area contributed by atoms with Gasteiger partial charge in [0.1, 0.15) is 0 Å². The van der Waals surface area contributed by atoms with Crippen LogP contribution in [0.25, 0.3) is 10.2 Å².